The van der Waals surface area contributed by atoms with Gasteiger partial charge in [-0.1, -0.05) is 51.1 Å². The fraction of sp³-hybridized carbons (Fsp3) is 0.481. The number of benzene rings is 1. The third-order valence-electron chi connectivity index (χ3n) is 5.02. The number of carbonyl (C=O) groups is 3. The van der Waals surface area contributed by atoms with Crippen LogP contribution in [-0.2, 0) is 25.7 Å². The largest absolute Gasteiger partial charge is 0.461 e. The van der Waals surface area contributed by atoms with Crippen LogP contribution in [0.2, 0.25) is 0 Å². The summed E-state index contributed by atoms with van der Waals surface area (Å²) in [6.45, 7) is 11.3. The highest BCUT2D eigenvalue weighted by molar-refractivity contribution is 5.95. The highest BCUT2D eigenvalue weighted by atomic mass is 16.6. The summed E-state index contributed by atoms with van der Waals surface area (Å²) < 4.78 is 10.8. The van der Waals surface area contributed by atoms with Gasteiger partial charge >= 0.3 is 12.1 Å². The van der Waals surface area contributed by atoms with E-state index in [9.17, 15) is 14.4 Å². The Kier molecular flexibility index (Phi) is 10.4. The standard InChI is InChI=1S/C27H38N4O5/c1-26(2,3)23(24(33)30-20-12-14-28-15-13-20)29-17-21(31-25(34)36-27(4,5)6)16-22(32)35-18-19-10-8-7-9-11-19/h7-15,21,23,29H,16-18H2,1-6H3,(H,31,34)(H,28,30,33)/t21-,23-/m1/s1. The first-order chi connectivity index (χ1) is 16.8. The number of pyridine rings is 1. The average molecular weight is 499 g/mol. The third kappa shape index (κ3) is 10.9. The zero-order valence-corrected chi connectivity index (χ0v) is 22.0. The highest BCUT2D eigenvalue weighted by Crippen LogP contribution is 2.21. The number of aromatic nitrogens is 1. The Labute approximate surface area is 213 Å². The molecule has 0 saturated carbocycles. The van der Waals surface area contributed by atoms with Gasteiger partial charge in [0.15, 0.2) is 0 Å². The summed E-state index contributed by atoms with van der Waals surface area (Å²) in [6, 6.07) is 11.5. The van der Waals surface area contributed by atoms with Gasteiger partial charge in [0, 0.05) is 24.6 Å². The van der Waals surface area contributed by atoms with E-state index in [1.54, 1.807) is 45.3 Å². The molecule has 1 aromatic heterocycles. The SMILES string of the molecule is CC(C)(C)OC(=O)N[C@@H](CN[C@H](C(=O)Nc1ccncc1)C(C)(C)C)CC(=O)OCc1ccccc1. The van der Waals surface area contributed by atoms with Crippen LogP contribution in [0.4, 0.5) is 10.5 Å². The molecule has 196 valence electrons. The zero-order valence-electron chi connectivity index (χ0n) is 22.0. The summed E-state index contributed by atoms with van der Waals surface area (Å²) in [5, 5.41) is 8.83. The molecule has 2 aromatic rings. The van der Waals surface area contributed by atoms with Crippen LogP contribution in [-0.4, -0.2) is 47.2 Å². The van der Waals surface area contributed by atoms with Crippen molar-refractivity contribution in [3.05, 3.63) is 60.4 Å². The van der Waals surface area contributed by atoms with Gasteiger partial charge in [-0.25, -0.2) is 4.79 Å². The maximum absolute atomic E-state index is 13.1. The van der Waals surface area contributed by atoms with Gasteiger partial charge < -0.3 is 25.4 Å². The molecule has 1 aromatic carbocycles. The first-order valence-corrected chi connectivity index (χ1v) is 12.0. The fourth-order valence-corrected chi connectivity index (χ4v) is 3.35. The highest BCUT2D eigenvalue weighted by Gasteiger charge is 2.32. The van der Waals surface area contributed by atoms with Crippen molar-refractivity contribution < 1.29 is 23.9 Å². The van der Waals surface area contributed by atoms with Gasteiger partial charge in [0.25, 0.3) is 0 Å². The molecular formula is C27H38N4O5. The second-order valence-electron chi connectivity index (χ2n) is 10.6. The molecule has 0 spiro atoms. The van der Waals surface area contributed by atoms with Crippen molar-refractivity contribution in [2.75, 3.05) is 11.9 Å². The molecule has 3 N–H and O–H groups in total. The number of ether oxygens (including phenoxy) is 2. The predicted molar refractivity (Wildman–Crippen MR) is 138 cm³/mol. The van der Waals surface area contributed by atoms with E-state index in [1.165, 1.54) is 0 Å². The number of nitrogens with one attached hydrogen (secondary N) is 3. The predicted octanol–water partition coefficient (Wildman–Crippen LogP) is 4.05. The quantitative estimate of drug-likeness (QED) is 0.423. The Bertz CT molecular complexity index is 985. The number of hydrogen-bond donors (Lipinski definition) is 3. The molecule has 0 saturated heterocycles. The molecule has 2 rings (SSSR count). The van der Waals surface area contributed by atoms with Crippen molar-refractivity contribution in [2.45, 2.75) is 72.3 Å². The lowest BCUT2D eigenvalue weighted by molar-refractivity contribution is -0.145. The van der Waals surface area contributed by atoms with Crippen LogP contribution in [0.5, 0.6) is 0 Å². The number of rotatable bonds is 10. The first-order valence-electron chi connectivity index (χ1n) is 12.0. The molecule has 0 aliphatic heterocycles. The van der Waals surface area contributed by atoms with E-state index in [0.717, 1.165) is 5.56 Å². The molecule has 0 aliphatic carbocycles. The van der Waals surface area contributed by atoms with Crippen LogP contribution in [0.15, 0.2) is 54.9 Å². The summed E-state index contributed by atoms with van der Waals surface area (Å²) in [5.41, 5.74) is 0.329. The van der Waals surface area contributed by atoms with Crippen LogP contribution in [0.1, 0.15) is 53.5 Å². The zero-order chi connectivity index (χ0) is 26.8. The Morgan fingerprint density at radius 2 is 1.58 bits per heavy atom. The van der Waals surface area contributed by atoms with E-state index >= 15 is 0 Å². The number of hydrogen-bond acceptors (Lipinski definition) is 7. The molecule has 0 aliphatic rings. The third-order valence-corrected chi connectivity index (χ3v) is 5.02. The number of carbonyl (C=O) groups excluding carboxylic acids is 3. The van der Waals surface area contributed by atoms with Crippen molar-refractivity contribution in [3.63, 3.8) is 0 Å². The van der Waals surface area contributed by atoms with E-state index < -0.39 is 35.2 Å². The molecule has 2 amide bonds. The van der Waals surface area contributed by atoms with E-state index in [1.807, 2.05) is 51.1 Å². The summed E-state index contributed by atoms with van der Waals surface area (Å²) in [7, 11) is 0. The molecule has 0 unspecified atom stereocenters. The lowest BCUT2D eigenvalue weighted by Crippen LogP contribution is -2.54. The van der Waals surface area contributed by atoms with Gasteiger partial charge in [-0.05, 0) is 43.9 Å². The maximum Gasteiger partial charge on any atom is 0.407 e. The Hall–Kier alpha value is -3.46. The molecule has 1 heterocycles. The minimum Gasteiger partial charge on any atom is -0.461 e. The molecule has 36 heavy (non-hydrogen) atoms. The number of nitrogens with zero attached hydrogens (tertiary/aromatic N) is 1. The summed E-state index contributed by atoms with van der Waals surface area (Å²) >= 11 is 0. The smallest absolute Gasteiger partial charge is 0.407 e. The minimum atomic E-state index is -0.700. The normalized spacial score (nSPS) is 13.3. The van der Waals surface area contributed by atoms with E-state index in [0.29, 0.717) is 5.69 Å². The second kappa shape index (κ2) is 13.0. The van der Waals surface area contributed by atoms with Crippen LogP contribution in [0, 0.1) is 5.41 Å². The number of esters is 1. The molecule has 9 nitrogen and oxygen atoms in total. The van der Waals surface area contributed by atoms with E-state index in [2.05, 4.69) is 20.9 Å². The van der Waals surface area contributed by atoms with Gasteiger partial charge in [-0.3, -0.25) is 14.6 Å². The number of amides is 2. The lowest BCUT2D eigenvalue weighted by Gasteiger charge is -2.32. The number of alkyl carbamates (subject to hydrolysis) is 1. The van der Waals surface area contributed by atoms with Crippen LogP contribution in [0.3, 0.4) is 0 Å². The Morgan fingerprint density at radius 1 is 0.944 bits per heavy atom. The van der Waals surface area contributed by atoms with Gasteiger partial charge in [0.05, 0.1) is 18.5 Å². The molecular weight excluding hydrogens is 460 g/mol. The van der Waals surface area contributed by atoms with Crippen molar-refractivity contribution >= 4 is 23.7 Å². The van der Waals surface area contributed by atoms with Crippen LogP contribution < -0.4 is 16.0 Å². The second-order valence-corrected chi connectivity index (χ2v) is 10.6. The first kappa shape index (κ1) is 28.8. The maximum atomic E-state index is 13.1. The van der Waals surface area contributed by atoms with Crippen molar-refractivity contribution in [3.8, 4) is 0 Å². The van der Waals surface area contributed by atoms with Crippen LogP contribution in [0.25, 0.3) is 0 Å². The fourth-order valence-electron chi connectivity index (χ4n) is 3.35. The molecule has 0 radical (unpaired) electrons. The Morgan fingerprint density at radius 3 is 2.17 bits per heavy atom. The average Bonchev–Trinajstić information content (AvgIpc) is 2.77. The van der Waals surface area contributed by atoms with Crippen molar-refractivity contribution in [1.82, 2.24) is 15.6 Å². The number of anilines is 1. The van der Waals surface area contributed by atoms with E-state index in [4.69, 9.17) is 9.47 Å². The monoisotopic (exact) mass is 498 g/mol. The van der Waals surface area contributed by atoms with Crippen molar-refractivity contribution in [1.29, 1.82) is 0 Å². The summed E-state index contributed by atoms with van der Waals surface area (Å²) in [6.07, 6.45) is 2.44. The van der Waals surface area contributed by atoms with Gasteiger partial charge in [0.1, 0.15) is 12.2 Å². The molecule has 2 atom stereocenters. The summed E-state index contributed by atoms with van der Waals surface area (Å²) in [5.74, 6) is -0.716. The van der Waals surface area contributed by atoms with Crippen molar-refractivity contribution in [2.24, 2.45) is 5.41 Å². The molecule has 0 bridgehead atoms. The molecule has 0 fully saturated rings. The topological polar surface area (TPSA) is 119 Å². The van der Waals surface area contributed by atoms with E-state index in [-0.39, 0.29) is 25.5 Å². The minimum absolute atomic E-state index is 0.0953. The van der Waals surface area contributed by atoms with Gasteiger partial charge in [-0.15, -0.1) is 0 Å². The van der Waals surface area contributed by atoms with Gasteiger partial charge in [0.2, 0.25) is 5.91 Å². The van der Waals surface area contributed by atoms with Gasteiger partial charge in [-0.2, -0.15) is 0 Å². The van der Waals surface area contributed by atoms with Crippen LogP contribution >= 0.6 is 0 Å². The summed E-state index contributed by atoms with van der Waals surface area (Å²) in [4.78, 5) is 42.1. The molecule has 9 heteroatoms. The Balaban J connectivity index is 2.07. The lowest BCUT2D eigenvalue weighted by atomic mass is 9.86.